The average molecular weight is 196 g/mol. The van der Waals surface area contributed by atoms with Gasteiger partial charge in [0, 0.05) is 11.3 Å². The van der Waals surface area contributed by atoms with Gasteiger partial charge in [0.25, 0.3) is 0 Å². The summed E-state index contributed by atoms with van der Waals surface area (Å²) in [6, 6.07) is 0. The quantitative estimate of drug-likeness (QED) is 0.775. The molecule has 2 N–H and O–H groups in total. The molecule has 0 aliphatic carbocycles. The summed E-state index contributed by atoms with van der Waals surface area (Å²) in [5.74, 6) is -0.577. The molecule has 1 heterocycles. The van der Waals surface area contributed by atoms with E-state index in [1.807, 2.05) is 13.8 Å². The van der Waals surface area contributed by atoms with Crippen molar-refractivity contribution >= 4 is 5.97 Å². The molecule has 4 heteroatoms. The summed E-state index contributed by atoms with van der Waals surface area (Å²) in [4.78, 5) is 11.1. The molecule has 0 saturated carbocycles. The fourth-order valence-corrected chi connectivity index (χ4v) is 1.35. The van der Waals surface area contributed by atoms with Crippen LogP contribution >= 0.6 is 0 Å². The number of aromatic nitrogens is 2. The Kier molecular flexibility index (Phi) is 2.64. The van der Waals surface area contributed by atoms with Crippen molar-refractivity contribution < 1.29 is 9.90 Å². The Labute approximate surface area is 83.3 Å². The summed E-state index contributed by atoms with van der Waals surface area (Å²) in [6.45, 7) is 7.39. The number of nitrogens with zero attached hydrogens (tertiary/aromatic N) is 1. The molecule has 0 spiro atoms. The molecule has 14 heavy (non-hydrogen) atoms. The molecule has 4 nitrogen and oxygen atoms in total. The van der Waals surface area contributed by atoms with Gasteiger partial charge in [-0.05, 0) is 19.8 Å². The number of rotatable bonds is 3. The van der Waals surface area contributed by atoms with Crippen molar-refractivity contribution in [3.63, 3.8) is 0 Å². The van der Waals surface area contributed by atoms with Gasteiger partial charge in [0.1, 0.15) is 0 Å². The predicted molar refractivity (Wildman–Crippen MR) is 53.3 cm³/mol. The van der Waals surface area contributed by atoms with Crippen LogP contribution in [0.1, 0.15) is 44.9 Å². The standard InChI is InChI=1S/C10H16N2O2/c1-6(2)8-7(5-11-12-8)10(3,4)9(13)14/h5-6H,1-4H3,(H,11,12)(H,13,14). The minimum Gasteiger partial charge on any atom is -0.481 e. The number of aromatic amines is 1. The van der Waals surface area contributed by atoms with E-state index in [0.717, 1.165) is 11.3 Å². The third kappa shape index (κ3) is 1.64. The molecule has 0 amide bonds. The lowest BCUT2D eigenvalue weighted by molar-refractivity contribution is -0.142. The maximum atomic E-state index is 11.1. The number of aliphatic carboxylic acids is 1. The van der Waals surface area contributed by atoms with Gasteiger partial charge in [0.2, 0.25) is 0 Å². The minimum atomic E-state index is -0.882. The molecule has 0 bridgehead atoms. The first-order chi connectivity index (χ1) is 6.37. The van der Waals surface area contributed by atoms with E-state index in [0.29, 0.717) is 0 Å². The minimum absolute atomic E-state index is 0.256. The second kappa shape index (κ2) is 3.44. The molecule has 1 aromatic heterocycles. The highest BCUT2D eigenvalue weighted by atomic mass is 16.4. The summed E-state index contributed by atoms with van der Waals surface area (Å²) in [5.41, 5.74) is 0.782. The molecule has 0 radical (unpaired) electrons. The highest BCUT2D eigenvalue weighted by Crippen LogP contribution is 2.29. The van der Waals surface area contributed by atoms with E-state index in [1.165, 1.54) is 0 Å². The van der Waals surface area contributed by atoms with E-state index in [1.54, 1.807) is 20.0 Å². The van der Waals surface area contributed by atoms with Crippen molar-refractivity contribution in [2.45, 2.75) is 39.0 Å². The summed E-state index contributed by atoms with van der Waals surface area (Å²) in [6.07, 6.45) is 1.60. The molecule has 0 unspecified atom stereocenters. The maximum absolute atomic E-state index is 11.1. The number of carboxylic acids is 1. The number of carboxylic acid groups (broad SMARTS) is 1. The molecule has 1 aromatic rings. The average Bonchev–Trinajstić information content (AvgIpc) is 2.51. The third-order valence-corrected chi connectivity index (χ3v) is 2.45. The number of nitrogens with one attached hydrogen (secondary N) is 1. The Morgan fingerprint density at radius 3 is 2.57 bits per heavy atom. The van der Waals surface area contributed by atoms with Crippen LogP contribution in [0.5, 0.6) is 0 Å². The number of hydrogen-bond donors (Lipinski definition) is 2. The number of H-pyrrole nitrogens is 1. The fourth-order valence-electron chi connectivity index (χ4n) is 1.35. The highest BCUT2D eigenvalue weighted by Gasteiger charge is 2.33. The summed E-state index contributed by atoms with van der Waals surface area (Å²) in [5, 5.41) is 15.8. The zero-order valence-corrected chi connectivity index (χ0v) is 8.96. The second-order valence-electron chi connectivity index (χ2n) is 4.28. The van der Waals surface area contributed by atoms with Crippen molar-refractivity contribution in [2.24, 2.45) is 0 Å². The Morgan fingerprint density at radius 2 is 2.14 bits per heavy atom. The van der Waals surface area contributed by atoms with Crippen LogP contribution in [-0.4, -0.2) is 21.3 Å². The molecule has 0 saturated heterocycles. The Bertz CT molecular complexity index is 340. The van der Waals surface area contributed by atoms with Gasteiger partial charge in [-0.2, -0.15) is 5.10 Å². The first-order valence-corrected chi connectivity index (χ1v) is 4.64. The van der Waals surface area contributed by atoms with Crippen LogP contribution in [0.3, 0.4) is 0 Å². The van der Waals surface area contributed by atoms with E-state index in [-0.39, 0.29) is 5.92 Å². The maximum Gasteiger partial charge on any atom is 0.313 e. The Balaban J connectivity index is 3.18. The zero-order valence-electron chi connectivity index (χ0n) is 8.96. The molecular weight excluding hydrogens is 180 g/mol. The summed E-state index contributed by atoms with van der Waals surface area (Å²) >= 11 is 0. The van der Waals surface area contributed by atoms with Crippen molar-refractivity contribution in [3.05, 3.63) is 17.5 Å². The molecule has 0 aromatic carbocycles. The van der Waals surface area contributed by atoms with Crippen molar-refractivity contribution in [2.75, 3.05) is 0 Å². The van der Waals surface area contributed by atoms with Crippen LogP contribution in [0.4, 0.5) is 0 Å². The topological polar surface area (TPSA) is 66.0 Å². The van der Waals surface area contributed by atoms with E-state index >= 15 is 0 Å². The van der Waals surface area contributed by atoms with Crippen LogP contribution < -0.4 is 0 Å². The van der Waals surface area contributed by atoms with Gasteiger partial charge in [0.15, 0.2) is 0 Å². The van der Waals surface area contributed by atoms with Gasteiger partial charge in [-0.15, -0.1) is 0 Å². The van der Waals surface area contributed by atoms with Gasteiger partial charge < -0.3 is 5.11 Å². The van der Waals surface area contributed by atoms with Crippen molar-refractivity contribution in [1.82, 2.24) is 10.2 Å². The second-order valence-corrected chi connectivity index (χ2v) is 4.28. The van der Waals surface area contributed by atoms with Gasteiger partial charge in [-0.25, -0.2) is 0 Å². The van der Waals surface area contributed by atoms with Gasteiger partial charge in [0.05, 0.1) is 11.6 Å². The summed E-state index contributed by atoms with van der Waals surface area (Å²) < 4.78 is 0. The van der Waals surface area contributed by atoms with E-state index in [2.05, 4.69) is 10.2 Å². The molecule has 78 valence electrons. The highest BCUT2D eigenvalue weighted by molar-refractivity contribution is 5.80. The first-order valence-electron chi connectivity index (χ1n) is 4.64. The molecule has 0 aliphatic rings. The number of hydrogen-bond acceptors (Lipinski definition) is 2. The lowest BCUT2D eigenvalue weighted by Crippen LogP contribution is -2.29. The van der Waals surface area contributed by atoms with Gasteiger partial charge in [-0.1, -0.05) is 13.8 Å². The Hall–Kier alpha value is -1.32. The van der Waals surface area contributed by atoms with E-state index in [9.17, 15) is 4.79 Å². The van der Waals surface area contributed by atoms with Crippen LogP contribution in [-0.2, 0) is 10.2 Å². The third-order valence-electron chi connectivity index (χ3n) is 2.45. The van der Waals surface area contributed by atoms with Crippen molar-refractivity contribution in [3.8, 4) is 0 Å². The van der Waals surface area contributed by atoms with Gasteiger partial charge >= 0.3 is 5.97 Å². The Morgan fingerprint density at radius 1 is 1.57 bits per heavy atom. The monoisotopic (exact) mass is 196 g/mol. The SMILES string of the molecule is CC(C)c1[nH]ncc1C(C)(C)C(=O)O. The van der Waals surface area contributed by atoms with Crippen LogP contribution in [0, 0.1) is 0 Å². The fraction of sp³-hybridized carbons (Fsp3) is 0.600. The number of carbonyl (C=O) groups is 1. The van der Waals surface area contributed by atoms with E-state index < -0.39 is 11.4 Å². The zero-order chi connectivity index (χ0) is 10.9. The molecule has 0 fully saturated rings. The van der Waals surface area contributed by atoms with Crippen molar-refractivity contribution in [1.29, 1.82) is 0 Å². The normalized spacial score (nSPS) is 12.1. The lowest BCUT2D eigenvalue weighted by atomic mass is 9.83. The summed E-state index contributed by atoms with van der Waals surface area (Å²) in [7, 11) is 0. The molecule has 0 atom stereocenters. The molecular formula is C10H16N2O2. The van der Waals surface area contributed by atoms with Crippen LogP contribution in [0.15, 0.2) is 6.20 Å². The predicted octanol–water partition coefficient (Wildman–Crippen LogP) is 1.90. The van der Waals surface area contributed by atoms with E-state index in [4.69, 9.17) is 5.11 Å². The smallest absolute Gasteiger partial charge is 0.313 e. The van der Waals surface area contributed by atoms with Crippen LogP contribution in [0.2, 0.25) is 0 Å². The lowest BCUT2D eigenvalue weighted by Gasteiger charge is -2.20. The molecule has 1 rings (SSSR count). The van der Waals surface area contributed by atoms with Gasteiger partial charge in [-0.3, -0.25) is 9.89 Å². The molecule has 0 aliphatic heterocycles. The van der Waals surface area contributed by atoms with Crippen LogP contribution in [0.25, 0.3) is 0 Å². The first kappa shape index (κ1) is 10.8. The largest absolute Gasteiger partial charge is 0.481 e.